The van der Waals surface area contributed by atoms with E-state index in [2.05, 4.69) is 10.3 Å². The summed E-state index contributed by atoms with van der Waals surface area (Å²) >= 11 is 0. The van der Waals surface area contributed by atoms with E-state index in [0.717, 1.165) is 5.56 Å². The van der Waals surface area contributed by atoms with E-state index in [1.165, 1.54) is 0 Å². The molecule has 0 heterocycles. The molecule has 110 valence electrons. The summed E-state index contributed by atoms with van der Waals surface area (Å²) in [7, 11) is 0. The summed E-state index contributed by atoms with van der Waals surface area (Å²) in [6, 6.07) is 8.01. The first-order chi connectivity index (χ1) is 9.28. The molecule has 0 amide bonds. The molecule has 1 rings (SSSR count). The second-order valence-corrected chi connectivity index (χ2v) is 5.26. The molecule has 0 unspecified atom stereocenters. The van der Waals surface area contributed by atoms with Crippen molar-refractivity contribution in [2.45, 2.75) is 38.8 Å². The first kappa shape index (κ1) is 16.0. The van der Waals surface area contributed by atoms with Crippen LogP contribution in [0.25, 0.3) is 0 Å². The maximum Gasteiger partial charge on any atom is 0.528 e. The van der Waals surface area contributed by atoms with E-state index < -0.39 is 23.8 Å². The van der Waals surface area contributed by atoms with Crippen LogP contribution in [0, 0.1) is 0 Å². The summed E-state index contributed by atoms with van der Waals surface area (Å²) in [6.07, 6.45) is -0.768. The Morgan fingerprint density at radius 3 is 2.35 bits per heavy atom. The molecule has 0 aliphatic carbocycles. The maximum absolute atomic E-state index is 11.3. The smallest absolute Gasteiger partial charge is 0.480 e. The minimum atomic E-state index is -1.11. The van der Waals surface area contributed by atoms with Gasteiger partial charge in [0, 0.05) is 6.42 Å². The number of carboxylic acid groups (broad SMARTS) is 1. The Labute approximate surface area is 117 Å². The van der Waals surface area contributed by atoms with E-state index in [9.17, 15) is 9.59 Å². The Morgan fingerprint density at radius 2 is 1.85 bits per heavy atom. The molecule has 0 fully saturated rings. The third-order valence-electron chi connectivity index (χ3n) is 2.25. The van der Waals surface area contributed by atoms with Gasteiger partial charge in [0.05, 0.1) is 0 Å². The summed E-state index contributed by atoms with van der Waals surface area (Å²) in [5, 5.41) is 9.09. The topological polar surface area (TPSA) is 84.9 Å². The third-order valence-corrected chi connectivity index (χ3v) is 2.25. The number of rotatable bonds is 5. The standard InChI is InChI=1S/C14H19NO5/c1-14(2,3)19-13(18)20-15-11(12(16)17)9-10-7-5-4-6-8-10/h4-8,11,15H,9H2,1-3H3,(H,16,17)/t11-/m0/s1. The molecule has 0 bridgehead atoms. The Hall–Kier alpha value is -2.08. The predicted molar refractivity (Wildman–Crippen MR) is 72.0 cm³/mol. The van der Waals surface area contributed by atoms with Crippen molar-refractivity contribution in [3.63, 3.8) is 0 Å². The zero-order valence-corrected chi connectivity index (χ0v) is 11.8. The summed E-state index contributed by atoms with van der Waals surface area (Å²) in [5.41, 5.74) is 2.34. The van der Waals surface area contributed by atoms with Crippen LogP contribution in [0.1, 0.15) is 26.3 Å². The van der Waals surface area contributed by atoms with Crippen LogP contribution in [-0.2, 0) is 20.8 Å². The number of hydrogen-bond donors (Lipinski definition) is 2. The van der Waals surface area contributed by atoms with Crippen molar-refractivity contribution in [2.75, 3.05) is 0 Å². The monoisotopic (exact) mass is 281 g/mol. The lowest BCUT2D eigenvalue weighted by Gasteiger charge is -2.20. The van der Waals surface area contributed by atoms with E-state index in [0.29, 0.717) is 0 Å². The lowest BCUT2D eigenvalue weighted by atomic mass is 10.1. The van der Waals surface area contributed by atoms with Gasteiger partial charge in [0.25, 0.3) is 0 Å². The van der Waals surface area contributed by atoms with Crippen molar-refractivity contribution in [1.82, 2.24) is 5.48 Å². The van der Waals surface area contributed by atoms with Crippen molar-refractivity contribution in [2.24, 2.45) is 0 Å². The van der Waals surface area contributed by atoms with Crippen molar-refractivity contribution < 1.29 is 24.3 Å². The minimum absolute atomic E-state index is 0.193. The molecule has 1 aromatic carbocycles. The van der Waals surface area contributed by atoms with E-state index in [1.54, 1.807) is 32.9 Å². The van der Waals surface area contributed by atoms with Gasteiger partial charge in [-0.25, -0.2) is 4.79 Å². The molecule has 6 nitrogen and oxygen atoms in total. The summed E-state index contributed by atoms with van der Waals surface area (Å²) < 4.78 is 4.90. The van der Waals surface area contributed by atoms with E-state index in [-0.39, 0.29) is 6.42 Å². The Kier molecular flexibility index (Phi) is 5.52. The number of nitrogens with one attached hydrogen (secondary N) is 1. The highest BCUT2D eigenvalue weighted by Crippen LogP contribution is 2.08. The normalized spacial score (nSPS) is 12.6. The number of hydrogen-bond acceptors (Lipinski definition) is 5. The highest BCUT2D eigenvalue weighted by atomic mass is 16.8. The molecule has 0 aliphatic heterocycles. The molecule has 6 heteroatoms. The Bertz CT molecular complexity index is 452. The van der Waals surface area contributed by atoms with Crippen LogP contribution < -0.4 is 5.48 Å². The summed E-state index contributed by atoms with van der Waals surface area (Å²) in [6.45, 7) is 5.06. The largest absolute Gasteiger partial charge is 0.528 e. The van der Waals surface area contributed by atoms with Crippen molar-refractivity contribution >= 4 is 12.1 Å². The second-order valence-electron chi connectivity index (χ2n) is 5.26. The molecular weight excluding hydrogens is 262 g/mol. The van der Waals surface area contributed by atoms with Crippen LogP contribution in [0.15, 0.2) is 30.3 Å². The highest BCUT2D eigenvalue weighted by Gasteiger charge is 2.22. The first-order valence-corrected chi connectivity index (χ1v) is 6.20. The number of carboxylic acids is 1. The molecule has 1 atom stereocenters. The van der Waals surface area contributed by atoms with E-state index in [1.807, 2.05) is 18.2 Å². The Balaban J connectivity index is 2.52. The molecule has 0 aromatic heterocycles. The number of carbonyl (C=O) groups excluding carboxylic acids is 1. The van der Waals surface area contributed by atoms with Crippen LogP contribution in [0.4, 0.5) is 4.79 Å². The zero-order valence-electron chi connectivity index (χ0n) is 11.8. The average Bonchev–Trinajstić information content (AvgIpc) is 2.33. The van der Waals surface area contributed by atoms with Gasteiger partial charge >= 0.3 is 12.1 Å². The zero-order chi connectivity index (χ0) is 15.2. The van der Waals surface area contributed by atoms with Crippen LogP contribution in [-0.4, -0.2) is 28.9 Å². The van der Waals surface area contributed by atoms with Crippen molar-refractivity contribution in [3.8, 4) is 0 Å². The number of hydroxylamine groups is 1. The molecule has 0 radical (unpaired) electrons. The number of ether oxygens (including phenoxy) is 1. The Morgan fingerprint density at radius 1 is 1.25 bits per heavy atom. The molecule has 0 aliphatic rings. The average molecular weight is 281 g/mol. The fourth-order valence-electron chi connectivity index (χ4n) is 1.42. The van der Waals surface area contributed by atoms with Crippen LogP contribution in [0.5, 0.6) is 0 Å². The third kappa shape index (κ3) is 6.19. The van der Waals surface area contributed by atoms with Gasteiger partial charge in [-0.1, -0.05) is 30.3 Å². The molecule has 0 spiro atoms. The van der Waals surface area contributed by atoms with Gasteiger partial charge in [-0.05, 0) is 26.3 Å². The van der Waals surface area contributed by atoms with Crippen molar-refractivity contribution in [1.29, 1.82) is 0 Å². The fourth-order valence-corrected chi connectivity index (χ4v) is 1.42. The van der Waals surface area contributed by atoms with Gasteiger partial charge in [-0.2, -0.15) is 0 Å². The molecule has 1 aromatic rings. The van der Waals surface area contributed by atoms with Gasteiger partial charge in [-0.15, -0.1) is 5.48 Å². The SMILES string of the molecule is CC(C)(C)OC(=O)ON[C@@H](Cc1ccccc1)C(=O)O. The van der Waals surface area contributed by atoms with Gasteiger partial charge in [0.2, 0.25) is 0 Å². The molecule has 0 saturated heterocycles. The predicted octanol–water partition coefficient (Wildman–Crippen LogP) is 2.14. The first-order valence-electron chi connectivity index (χ1n) is 6.20. The number of carbonyl (C=O) groups is 2. The van der Waals surface area contributed by atoms with E-state index in [4.69, 9.17) is 9.84 Å². The maximum atomic E-state index is 11.3. The van der Waals surface area contributed by atoms with Crippen LogP contribution in [0.2, 0.25) is 0 Å². The number of aliphatic carboxylic acids is 1. The van der Waals surface area contributed by atoms with Crippen molar-refractivity contribution in [3.05, 3.63) is 35.9 Å². The molecule has 0 saturated carbocycles. The van der Waals surface area contributed by atoms with Gasteiger partial charge in [0.1, 0.15) is 11.6 Å². The van der Waals surface area contributed by atoms with Crippen LogP contribution >= 0.6 is 0 Å². The second kappa shape index (κ2) is 6.91. The molecule has 20 heavy (non-hydrogen) atoms. The van der Waals surface area contributed by atoms with Gasteiger partial charge in [0.15, 0.2) is 0 Å². The highest BCUT2D eigenvalue weighted by molar-refractivity contribution is 5.74. The fraction of sp³-hybridized carbons (Fsp3) is 0.429. The number of benzene rings is 1. The van der Waals surface area contributed by atoms with Crippen LogP contribution in [0.3, 0.4) is 0 Å². The molecule has 2 N–H and O–H groups in total. The lowest BCUT2D eigenvalue weighted by molar-refractivity contribution is -0.143. The van der Waals surface area contributed by atoms with E-state index >= 15 is 0 Å². The van der Waals surface area contributed by atoms with Gasteiger partial charge < -0.3 is 14.7 Å². The molecular formula is C14H19NO5. The summed E-state index contributed by atoms with van der Waals surface area (Å²) in [5.74, 6) is -1.11. The van der Waals surface area contributed by atoms with Gasteiger partial charge in [-0.3, -0.25) is 4.79 Å². The quantitative estimate of drug-likeness (QED) is 0.635. The lowest BCUT2D eigenvalue weighted by Crippen LogP contribution is -2.41. The summed E-state index contributed by atoms with van der Waals surface area (Å²) in [4.78, 5) is 27.1. The minimum Gasteiger partial charge on any atom is -0.480 e.